The first kappa shape index (κ1) is 7.54. The third kappa shape index (κ3) is 1.46. The Kier molecular flexibility index (Phi) is 2.06. The highest BCUT2D eigenvalue weighted by Crippen LogP contribution is 2.12. The van der Waals surface area contributed by atoms with E-state index in [0.717, 1.165) is 11.1 Å². The maximum absolute atomic E-state index is 5.54. The first-order valence-corrected chi connectivity index (χ1v) is 3.28. The van der Waals surface area contributed by atoms with Crippen LogP contribution >= 0.6 is 0 Å². The van der Waals surface area contributed by atoms with E-state index in [0.29, 0.717) is 5.82 Å². The molecule has 0 spiro atoms. The van der Waals surface area contributed by atoms with Gasteiger partial charge >= 0.3 is 0 Å². The average Bonchev–Trinajstić information content (AvgIpc) is 2.05. The van der Waals surface area contributed by atoms with Crippen molar-refractivity contribution in [3.63, 3.8) is 0 Å². The number of pyridine rings is 1. The van der Waals surface area contributed by atoms with Gasteiger partial charge in [-0.2, -0.15) is 0 Å². The molecule has 0 bridgehead atoms. The molecule has 0 aliphatic carbocycles. The molecule has 1 heterocycles. The van der Waals surface area contributed by atoms with Gasteiger partial charge in [-0.15, -0.1) is 0 Å². The van der Waals surface area contributed by atoms with Crippen LogP contribution in [0, 0.1) is 0 Å². The molecule has 0 aliphatic rings. The molecule has 1 aromatic heterocycles. The van der Waals surface area contributed by atoms with E-state index in [-0.39, 0.29) is 0 Å². The van der Waals surface area contributed by atoms with Gasteiger partial charge in [0.2, 0.25) is 0 Å². The Bertz CT molecular complexity index is 290. The van der Waals surface area contributed by atoms with Crippen LogP contribution in [0.2, 0.25) is 0 Å². The second kappa shape index (κ2) is 3.01. The number of nitrogens with zero attached hydrogens (tertiary/aromatic N) is 1. The van der Waals surface area contributed by atoms with E-state index in [2.05, 4.69) is 18.1 Å². The molecule has 11 heavy (non-hydrogen) atoms. The maximum Gasteiger partial charge on any atom is 0.130 e. The fourth-order valence-electron chi connectivity index (χ4n) is 0.785. The molecule has 0 atom stereocenters. The molecule has 0 amide bonds. The van der Waals surface area contributed by atoms with E-state index in [1.807, 2.05) is 6.07 Å². The van der Waals surface area contributed by atoms with Crippen LogP contribution in [0.1, 0.15) is 11.1 Å². The Morgan fingerprint density at radius 2 is 2.09 bits per heavy atom. The van der Waals surface area contributed by atoms with E-state index in [4.69, 9.17) is 5.73 Å². The molecule has 1 aromatic rings. The molecule has 0 fully saturated rings. The minimum atomic E-state index is 0.505. The van der Waals surface area contributed by atoms with Crippen LogP contribution in [-0.4, -0.2) is 4.98 Å². The van der Waals surface area contributed by atoms with Gasteiger partial charge in [-0.3, -0.25) is 0 Å². The van der Waals surface area contributed by atoms with E-state index >= 15 is 0 Å². The summed E-state index contributed by atoms with van der Waals surface area (Å²) in [6, 6.07) is 1.89. The zero-order valence-corrected chi connectivity index (χ0v) is 6.25. The summed E-state index contributed by atoms with van der Waals surface area (Å²) in [4.78, 5) is 3.96. The summed E-state index contributed by atoms with van der Waals surface area (Å²) in [6.07, 6.45) is 5.07. The second-order valence-corrected chi connectivity index (χ2v) is 2.15. The standard InChI is InChI=1S/C9H10N2/c1-3-7-5-8(4-2)9(10)11-6-7/h3-6H,1-2H2,(H2,10,11). The van der Waals surface area contributed by atoms with Gasteiger partial charge in [0.15, 0.2) is 0 Å². The average molecular weight is 146 g/mol. The third-order valence-corrected chi connectivity index (χ3v) is 1.43. The summed E-state index contributed by atoms with van der Waals surface area (Å²) in [6.45, 7) is 7.23. The van der Waals surface area contributed by atoms with Crippen LogP contribution < -0.4 is 5.73 Å². The molecule has 2 heteroatoms. The van der Waals surface area contributed by atoms with Crippen LogP contribution in [0.3, 0.4) is 0 Å². The van der Waals surface area contributed by atoms with E-state index in [1.54, 1.807) is 18.3 Å². The van der Waals surface area contributed by atoms with Crippen molar-refractivity contribution >= 4 is 18.0 Å². The first-order chi connectivity index (χ1) is 5.27. The van der Waals surface area contributed by atoms with Crippen LogP contribution in [0.25, 0.3) is 12.2 Å². The van der Waals surface area contributed by atoms with E-state index < -0.39 is 0 Å². The Hall–Kier alpha value is -1.57. The molecular formula is C9H10N2. The van der Waals surface area contributed by atoms with Crippen molar-refractivity contribution in [3.05, 3.63) is 36.5 Å². The van der Waals surface area contributed by atoms with Gasteiger partial charge in [0, 0.05) is 11.8 Å². The normalized spacial score (nSPS) is 9.09. The minimum absolute atomic E-state index is 0.505. The molecule has 0 unspecified atom stereocenters. The van der Waals surface area contributed by atoms with Gasteiger partial charge in [-0.25, -0.2) is 4.98 Å². The zero-order chi connectivity index (χ0) is 8.27. The molecule has 0 aromatic carbocycles. The second-order valence-electron chi connectivity index (χ2n) is 2.15. The number of nitrogens with two attached hydrogens (primary N) is 1. The third-order valence-electron chi connectivity index (χ3n) is 1.43. The molecule has 0 aliphatic heterocycles. The molecular weight excluding hydrogens is 136 g/mol. The minimum Gasteiger partial charge on any atom is -0.383 e. The lowest BCUT2D eigenvalue weighted by molar-refractivity contribution is 1.31. The number of aromatic nitrogens is 1. The summed E-state index contributed by atoms with van der Waals surface area (Å²) >= 11 is 0. The van der Waals surface area contributed by atoms with Gasteiger partial charge in [0.1, 0.15) is 5.82 Å². The quantitative estimate of drug-likeness (QED) is 0.692. The topological polar surface area (TPSA) is 38.9 Å². The zero-order valence-electron chi connectivity index (χ0n) is 6.25. The van der Waals surface area contributed by atoms with Gasteiger partial charge in [-0.05, 0) is 11.6 Å². The van der Waals surface area contributed by atoms with Crippen LogP contribution in [0.5, 0.6) is 0 Å². The first-order valence-electron chi connectivity index (χ1n) is 3.28. The molecule has 0 saturated carbocycles. The van der Waals surface area contributed by atoms with Crippen molar-refractivity contribution in [2.45, 2.75) is 0 Å². The van der Waals surface area contributed by atoms with Gasteiger partial charge < -0.3 is 5.73 Å². The van der Waals surface area contributed by atoms with Crippen molar-refractivity contribution in [2.75, 3.05) is 5.73 Å². The highest BCUT2D eigenvalue weighted by atomic mass is 14.8. The number of hydrogen-bond donors (Lipinski definition) is 1. The lowest BCUT2D eigenvalue weighted by Gasteiger charge is -1.99. The molecule has 0 radical (unpaired) electrons. The number of hydrogen-bond acceptors (Lipinski definition) is 2. The predicted molar refractivity (Wildman–Crippen MR) is 48.8 cm³/mol. The van der Waals surface area contributed by atoms with Crippen molar-refractivity contribution in [1.29, 1.82) is 0 Å². The van der Waals surface area contributed by atoms with Crippen molar-refractivity contribution in [3.8, 4) is 0 Å². The Morgan fingerprint density at radius 3 is 2.64 bits per heavy atom. The van der Waals surface area contributed by atoms with Crippen molar-refractivity contribution in [1.82, 2.24) is 4.98 Å². The fraction of sp³-hybridized carbons (Fsp3) is 0. The molecule has 1 rings (SSSR count). The number of anilines is 1. The molecule has 56 valence electrons. The predicted octanol–water partition coefficient (Wildman–Crippen LogP) is 1.95. The Balaban J connectivity index is 3.22. The van der Waals surface area contributed by atoms with E-state index in [9.17, 15) is 0 Å². The largest absolute Gasteiger partial charge is 0.383 e. The fourth-order valence-corrected chi connectivity index (χ4v) is 0.785. The van der Waals surface area contributed by atoms with Gasteiger partial charge in [0.05, 0.1) is 0 Å². The van der Waals surface area contributed by atoms with Gasteiger partial charge in [-0.1, -0.05) is 25.3 Å². The van der Waals surface area contributed by atoms with Crippen LogP contribution in [0.15, 0.2) is 25.4 Å². The van der Waals surface area contributed by atoms with E-state index in [1.165, 1.54) is 0 Å². The van der Waals surface area contributed by atoms with Crippen LogP contribution in [0.4, 0.5) is 5.82 Å². The van der Waals surface area contributed by atoms with Crippen LogP contribution in [-0.2, 0) is 0 Å². The Labute approximate surface area is 66.1 Å². The number of nitrogen functional groups attached to an aromatic ring is 1. The van der Waals surface area contributed by atoms with Crippen molar-refractivity contribution < 1.29 is 0 Å². The summed E-state index contributed by atoms with van der Waals surface area (Å²) in [5.74, 6) is 0.505. The molecule has 0 saturated heterocycles. The van der Waals surface area contributed by atoms with Gasteiger partial charge in [0.25, 0.3) is 0 Å². The summed E-state index contributed by atoms with van der Waals surface area (Å²) in [5.41, 5.74) is 7.34. The summed E-state index contributed by atoms with van der Waals surface area (Å²) in [5, 5.41) is 0. The smallest absolute Gasteiger partial charge is 0.130 e. The summed E-state index contributed by atoms with van der Waals surface area (Å²) in [7, 11) is 0. The highest BCUT2D eigenvalue weighted by Gasteiger charge is 1.95. The summed E-state index contributed by atoms with van der Waals surface area (Å²) < 4.78 is 0. The molecule has 2 N–H and O–H groups in total. The lowest BCUT2D eigenvalue weighted by Crippen LogP contribution is -1.93. The van der Waals surface area contributed by atoms with Crippen molar-refractivity contribution in [2.24, 2.45) is 0 Å². The lowest BCUT2D eigenvalue weighted by atomic mass is 10.2. The molecule has 2 nitrogen and oxygen atoms in total. The highest BCUT2D eigenvalue weighted by molar-refractivity contribution is 5.63. The SMILES string of the molecule is C=Cc1cnc(N)c(C=C)c1. The number of rotatable bonds is 2. The Morgan fingerprint density at radius 1 is 1.36 bits per heavy atom. The maximum atomic E-state index is 5.54. The monoisotopic (exact) mass is 146 g/mol.